The van der Waals surface area contributed by atoms with Crippen molar-refractivity contribution in [3.63, 3.8) is 0 Å². The minimum absolute atomic E-state index is 0.421. The molecule has 0 amide bonds. The van der Waals surface area contributed by atoms with Crippen LogP contribution in [0, 0.1) is 5.41 Å². The molecule has 0 aromatic carbocycles. The molecule has 1 saturated heterocycles. The quantitative estimate of drug-likeness (QED) is 0.760. The van der Waals surface area contributed by atoms with Gasteiger partial charge in [-0.15, -0.1) is 0 Å². The summed E-state index contributed by atoms with van der Waals surface area (Å²) >= 11 is 0. The Kier molecular flexibility index (Phi) is 4.48. The number of hydrogen-bond donors (Lipinski definition) is 1. The molecule has 0 aromatic heterocycles. The first-order chi connectivity index (χ1) is 8.08. The number of hydrogen-bond acceptors (Lipinski definition) is 2. The van der Waals surface area contributed by atoms with Crippen LogP contribution in [0.15, 0.2) is 0 Å². The SMILES string of the molecule is CC1(C)CCCN(C2CCCCCCC2N)C1. The third-order valence-corrected chi connectivity index (χ3v) is 4.68. The van der Waals surface area contributed by atoms with Crippen molar-refractivity contribution >= 4 is 0 Å². The van der Waals surface area contributed by atoms with E-state index in [1.807, 2.05) is 0 Å². The Bertz CT molecular complexity index is 237. The van der Waals surface area contributed by atoms with Gasteiger partial charge in [0.1, 0.15) is 0 Å². The second kappa shape index (κ2) is 5.71. The lowest BCUT2D eigenvalue weighted by Crippen LogP contribution is -2.53. The molecule has 1 aliphatic heterocycles. The summed E-state index contributed by atoms with van der Waals surface area (Å²) in [6.07, 6.45) is 10.8. The Balaban J connectivity index is 1.97. The van der Waals surface area contributed by atoms with Crippen molar-refractivity contribution in [1.29, 1.82) is 0 Å². The summed E-state index contributed by atoms with van der Waals surface area (Å²) in [5.41, 5.74) is 6.93. The highest BCUT2D eigenvalue weighted by Gasteiger charge is 2.33. The minimum atomic E-state index is 0.421. The van der Waals surface area contributed by atoms with E-state index in [4.69, 9.17) is 5.73 Å². The zero-order valence-corrected chi connectivity index (χ0v) is 11.8. The van der Waals surface area contributed by atoms with Crippen molar-refractivity contribution in [1.82, 2.24) is 4.90 Å². The van der Waals surface area contributed by atoms with Crippen LogP contribution in [-0.4, -0.2) is 30.1 Å². The molecule has 2 atom stereocenters. The van der Waals surface area contributed by atoms with Gasteiger partial charge in [0.15, 0.2) is 0 Å². The van der Waals surface area contributed by atoms with Gasteiger partial charge in [0.2, 0.25) is 0 Å². The summed E-state index contributed by atoms with van der Waals surface area (Å²) in [4.78, 5) is 2.71. The molecule has 17 heavy (non-hydrogen) atoms. The van der Waals surface area contributed by atoms with Crippen molar-refractivity contribution in [3.8, 4) is 0 Å². The lowest BCUT2D eigenvalue weighted by Gasteiger charge is -2.44. The Labute approximate surface area is 107 Å². The van der Waals surface area contributed by atoms with Crippen molar-refractivity contribution in [2.24, 2.45) is 11.1 Å². The normalized spacial score (nSPS) is 36.2. The van der Waals surface area contributed by atoms with Gasteiger partial charge in [-0.2, -0.15) is 0 Å². The first-order valence-electron chi connectivity index (χ1n) is 7.58. The first kappa shape index (κ1) is 13.4. The fourth-order valence-corrected chi connectivity index (χ4v) is 3.70. The van der Waals surface area contributed by atoms with Crippen molar-refractivity contribution in [2.45, 2.75) is 77.3 Å². The van der Waals surface area contributed by atoms with Crippen LogP contribution < -0.4 is 5.73 Å². The predicted octanol–water partition coefficient (Wildman–Crippen LogP) is 3.16. The Morgan fingerprint density at radius 2 is 1.71 bits per heavy atom. The summed E-state index contributed by atoms with van der Waals surface area (Å²) in [6.45, 7) is 7.36. The summed E-state index contributed by atoms with van der Waals surface area (Å²) in [6, 6.07) is 1.08. The summed E-state index contributed by atoms with van der Waals surface area (Å²) in [5.74, 6) is 0. The first-order valence-corrected chi connectivity index (χ1v) is 7.58. The van der Waals surface area contributed by atoms with Crippen LogP contribution in [0.3, 0.4) is 0 Å². The number of piperidine rings is 1. The molecule has 2 N–H and O–H groups in total. The van der Waals surface area contributed by atoms with Crippen LogP contribution in [0.4, 0.5) is 0 Å². The van der Waals surface area contributed by atoms with Crippen LogP contribution in [0.25, 0.3) is 0 Å². The van der Waals surface area contributed by atoms with Crippen LogP contribution in [0.1, 0.15) is 65.2 Å². The van der Waals surface area contributed by atoms with Crippen LogP contribution in [0.2, 0.25) is 0 Å². The van der Waals surface area contributed by atoms with Crippen molar-refractivity contribution < 1.29 is 0 Å². The van der Waals surface area contributed by atoms with Gasteiger partial charge < -0.3 is 5.73 Å². The molecule has 2 aliphatic rings. The molecule has 1 saturated carbocycles. The highest BCUT2D eigenvalue weighted by Crippen LogP contribution is 2.32. The van der Waals surface area contributed by atoms with Gasteiger partial charge in [-0.25, -0.2) is 0 Å². The summed E-state index contributed by atoms with van der Waals surface area (Å²) in [7, 11) is 0. The molecule has 0 aromatic rings. The molecule has 2 unspecified atom stereocenters. The molecular formula is C15H30N2. The third-order valence-electron chi connectivity index (χ3n) is 4.68. The van der Waals surface area contributed by atoms with Gasteiger partial charge in [0.25, 0.3) is 0 Å². The van der Waals surface area contributed by atoms with Crippen LogP contribution in [0.5, 0.6) is 0 Å². The topological polar surface area (TPSA) is 29.3 Å². The summed E-state index contributed by atoms with van der Waals surface area (Å²) < 4.78 is 0. The predicted molar refractivity (Wildman–Crippen MR) is 74.1 cm³/mol. The molecule has 1 heterocycles. The maximum atomic E-state index is 6.43. The zero-order valence-electron chi connectivity index (χ0n) is 11.8. The molecule has 2 rings (SSSR count). The van der Waals surface area contributed by atoms with Gasteiger partial charge >= 0.3 is 0 Å². The van der Waals surface area contributed by atoms with E-state index in [-0.39, 0.29) is 0 Å². The average molecular weight is 238 g/mol. The number of likely N-dealkylation sites (tertiary alicyclic amines) is 1. The average Bonchev–Trinajstić information content (AvgIpc) is 2.22. The molecule has 2 nitrogen and oxygen atoms in total. The largest absolute Gasteiger partial charge is 0.326 e. The summed E-state index contributed by atoms with van der Waals surface area (Å²) in [5, 5.41) is 0. The lowest BCUT2D eigenvalue weighted by molar-refractivity contribution is 0.0578. The van der Waals surface area contributed by atoms with E-state index < -0.39 is 0 Å². The van der Waals surface area contributed by atoms with Gasteiger partial charge in [-0.1, -0.05) is 39.5 Å². The lowest BCUT2D eigenvalue weighted by atomic mass is 9.82. The zero-order chi connectivity index (χ0) is 12.3. The number of nitrogens with zero attached hydrogens (tertiary/aromatic N) is 1. The van der Waals surface area contributed by atoms with Crippen LogP contribution >= 0.6 is 0 Å². The Morgan fingerprint density at radius 3 is 2.41 bits per heavy atom. The molecule has 0 bridgehead atoms. The molecule has 2 heteroatoms. The van der Waals surface area contributed by atoms with Crippen molar-refractivity contribution in [2.75, 3.05) is 13.1 Å². The third kappa shape index (κ3) is 3.69. The highest BCUT2D eigenvalue weighted by molar-refractivity contribution is 4.89. The molecule has 0 radical (unpaired) electrons. The highest BCUT2D eigenvalue weighted by atomic mass is 15.2. The van der Waals surface area contributed by atoms with E-state index in [1.165, 1.54) is 64.5 Å². The second-order valence-corrected chi connectivity index (χ2v) is 6.96. The maximum absolute atomic E-state index is 6.43. The van der Waals surface area contributed by atoms with Crippen LogP contribution in [-0.2, 0) is 0 Å². The molecular weight excluding hydrogens is 208 g/mol. The van der Waals surface area contributed by atoms with E-state index >= 15 is 0 Å². The Hall–Kier alpha value is -0.0800. The van der Waals surface area contributed by atoms with Crippen molar-refractivity contribution in [3.05, 3.63) is 0 Å². The smallest absolute Gasteiger partial charge is 0.0247 e. The van der Waals surface area contributed by atoms with Gasteiger partial charge in [-0.3, -0.25) is 4.90 Å². The molecule has 100 valence electrons. The molecule has 2 fully saturated rings. The minimum Gasteiger partial charge on any atom is -0.326 e. The monoisotopic (exact) mass is 238 g/mol. The van der Waals surface area contributed by atoms with E-state index in [1.54, 1.807) is 0 Å². The fraction of sp³-hybridized carbons (Fsp3) is 1.00. The second-order valence-electron chi connectivity index (χ2n) is 6.96. The van der Waals surface area contributed by atoms with E-state index in [0.717, 1.165) is 0 Å². The standard InChI is InChI=1S/C15H30N2/c1-15(2)10-7-11-17(12-15)14-9-6-4-3-5-8-13(14)16/h13-14H,3-12,16H2,1-2H3. The van der Waals surface area contributed by atoms with E-state index in [9.17, 15) is 0 Å². The number of rotatable bonds is 1. The van der Waals surface area contributed by atoms with Gasteiger partial charge in [-0.05, 0) is 37.6 Å². The Morgan fingerprint density at radius 1 is 1.00 bits per heavy atom. The molecule has 0 spiro atoms. The van der Waals surface area contributed by atoms with E-state index in [0.29, 0.717) is 17.5 Å². The van der Waals surface area contributed by atoms with Gasteiger partial charge in [0, 0.05) is 18.6 Å². The fourth-order valence-electron chi connectivity index (χ4n) is 3.70. The van der Waals surface area contributed by atoms with Gasteiger partial charge in [0.05, 0.1) is 0 Å². The maximum Gasteiger partial charge on any atom is 0.0247 e. The van der Waals surface area contributed by atoms with E-state index in [2.05, 4.69) is 18.7 Å². The number of nitrogens with two attached hydrogens (primary N) is 1. The molecule has 1 aliphatic carbocycles.